The van der Waals surface area contributed by atoms with Gasteiger partial charge in [-0.1, -0.05) is 18.2 Å². The molecule has 0 spiro atoms. The molecule has 0 bridgehead atoms. The van der Waals surface area contributed by atoms with Crippen molar-refractivity contribution in [1.82, 2.24) is 4.98 Å². The van der Waals surface area contributed by atoms with E-state index in [-0.39, 0.29) is 8.03 Å². The summed E-state index contributed by atoms with van der Waals surface area (Å²) in [6.07, 6.45) is 0. The van der Waals surface area contributed by atoms with Crippen LogP contribution in [-0.4, -0.2) is 44.7 Å². The second-order valence-corrected chi connectivity index (χ2v) is 5.14. The summed E-state index contributed by atoms with van der Waals surface area (Å²) in [5.74, 6) is 0.807. The van der Waals surface area contributed by atoms with Crippen LogP contribution in [0.15, 0.2) is 42.5 Å². The number of aromatic amines is 1. The van der Waals surface area contributed by atoms with Gasteiger partial charge in [0, 0.05) is 23.8 Å². The van der Waals surface area contributed by atoms with Gasteiger partial charge in [-0.3, -0.25) is 0 Å². The molecule has 1 N–H and O–H groups in total. The van der Waals surface area contributed by atoms with Crippen LogP contribution in [0.25, 0.3) is 21.8 Å². The molecule has 3 rings (SSSR count). The van der Waals surface area contributed by atoms with Gasteiger partial charge in [-0.25, -0.2) is 4.39 Å². The van der Waals surface area contributed by atoms with E-state index in [1.165, 1.54) is 10.8 Å². The van der Waals surface area contributed by atoms with Crippen molar-refractivity contribution in [2.45, 2.75) is 0 Å². The standard InChI is InChI=1S/C18H20FNO3.H2/c19-7-8-21-9-10-22-11-12-23-14-5-6-16-15-3-1-2-4-17(15)20-18(16)13-14;/h1-6,13,20H,7-12H2;1H. The highest BCUT2D eigenvalue weighted by Gasteiger charge is 2.04. The van der Waals surface area contributed by atoms with Crippen LogP contribution >= 0.6 is 0 Å². The number of H-pyrrole nitrogens is 1. The van der Waals surface area contributed by atoms with Crippen LogP contribution in [0.2, 0.25) is 0 Å². The largest absolute Gasteiger partial charge is 0.491 e. The monoisotopic (exact) mass is 319 g/mol. The van der Waals surface area contributed by atoms with Crippen LogP contribution < -0.4 is 4.74 Å². The van der Waals surface area contributed by atoms with E-state index in [2.05, 4.69) is 23.2 Å². The average Bonchev–Trinajstić information content (AvgIpc) is 2.95. The Morgan fingerprint density at radius 1 is 0.826 bits per heavy atom. The van der Waals surface area contributed by atoms with Crippen molar-refractivity contribution in [3.05, 3.63) is 42.5 Å². The number of para-hydroxylation sites is 1. The summed E-state index contributed by atoms with van der Waals surface area (Å²) in [6, 6.07) is 14.3. The lowest BCUT2D eigenvalue weighted by Gasteiger charge is -2.07. The molecule has 124 valence electrons. The Morgan fingerprint density at radius 2 is 1.57 bits per heavy atom. The van der Waals surface area contributed by atoms with Gasteiger partial charge in [0.05, 0.1) is 31.9 Å². The number of alkyl halides is 1. The quantitative estimate of drug-likeness (QED) is 0.607. The molecule has 0 amide bonds. The number of halogens is 1. The van der Waals surface area contributed by atoms with Crippen molar-refractivity contribution < 1.29 is 20.0 Å². The molecule has 0 aliphatic carbocycles. The fraction of sp³-hybridized carbons (Fsp3) is 0.333. The average molecular weight is 319 g/mol. The topological polar surface area (TPSA) is 43.5 Å². The lowest BCUT2D eigenvalue weighted by molar-refractivity contribution is 0.0325. The number of hydrogen-bond donors (Lipinski definition) is 1. The Bertz CT molecular complexity index is 762. The van der Waals surface area contributed by atoms with Gasteiger partial charge in [-0.15, -0.1) is 0 Å². The Labute approximate surface area is 135 Å². The molecule has 0 atom stereocenters. The minimum absolute atomic E-state index is 0. The Kier molecular flexibility index (Phi) is 5.45. The maximum absolute atomic E-state index is 11.8. The first-order valence-corrected chi connectivity index (χ1v) is 7.73. The second-order valence-electron chi connectivity index (χ2n) is 5.14. The molecule has 0 aliphatic rings. The fourth-order valence-electron chi connectivity index (χ4n) is 2.52. The molecule has 2 aromatic carbocycles. The molecule has 23 heavy (non-hydrogen) atoms. The highest BCUT2D eigenvalue weighted by atomic mass is 19.1. The molecule has 0 unspecified atom stereocenters. The number of benzene rings is 2. The molecule has 0 aliphatic heterocycles. The van der Waals surface area contributed by atoms with E-state index < -0.39 is 6.67 Å². The van der Waals surface area contributed by atoms with Crippen molar-refractivity contribution in [1.29, 1.82) is 0 Å². The minimum Gasteiger partial charge on any atom is -0.491 e. The Hall–Kier alpha value is -2.11. The van der Waals surface area contributed by atoms with Crippen molar-refractivity contribution in [3.63, 3.8) is 0 Å². The number of fused-ring (bicyclic) bond motifs is 3. The molecule has 1 aromatic heterocycles. The molecule has 4 nitrogen and oxygen atoms in total. The van der Waals surface area contributed by atoms with Gasteiger partial charge in [0.1, 0.15) is 19.0 Å². The SMILES string of the molecule is FCCOCCOCCOc1ccc2c(c1)[nH]c1ccccc12.[HH]. The fourth-order valence-corrected chi connectivity index (χ4v) is 2.52. The molecular formula is C18H22FNO3. The van der Waals surface area contributed by atoms with E-state index in [1.807, 2.05) is 24.3 Å². The number of aromatic nitrogens is 1. The molecule has 0 saturated heterocycles. The van der Waals surface area contributed by atoms with E-state index >= 15 is 0 Å². The minimum atomic E-state index is -0.459. The van der Waals surface area contributed by atoms with Crippen molar-refractivity contribution in [2.24, 2.45) is 0 Å². The summed E-state index contributed by atoms with van der Waals surface area (Å²) in [5.41, 5.74) is 2.18. The van der Waals surface area contributed by atoms with E-state index in [0.717, 1.165) is 16.8 Å². The van der Waals surface area contributed by atoms with Crippen molar-refractivity contribution >= 4 is 21.8 Å². The molecule has 1 heterocycles. The van der Waals surface area contributed by atoms with Gasteiger partial charge in [-0.05, 0) is 18.2 Å². The normalized spacial score (nSPS) is 11.3. The zero-order valence-electron chi connectivity index (χ0n) is 12.9. The highest BCUT2D eigenvalue weighted by Crippen LogP contribution is 2.28. The van der Waals surface area contributed by atoms with Crippen LogP contribution in [-0.2, 0) is 9.47 Å². The summed E-state index contributed by atoms with van der Waals surface area (Å²) in [5, 5.41) is 2.40. The molecule has 5 heteroatoms. The Balaban J connectivity index is 0.00000208. The zero-order valence-corrected chi connectivity index (χ0v) is 12.9. The smallest absolute Gasteiger partial charge is 0.121 e. The molecular weight excluding hydrogens is 297 g/mol. The van der Waals surface area contributed by atoms with Crippen molar-refractivity contribution in [3.8, 4) is 5.75 Å². The Morgan fingerprint density at radius 3 is 2.43 bits per heavy atom. The lowest BCUT2D eigenvalue weighted by atomic mass is 10.1. The van der Waals surface area contributed by atoms with Gasteiger partial charge in [0.25, 0.3) is 0 Å². The zero-order chi connectivity index (χ0) is 15.9. The third-order valence-corrected chi connectivity index (χ3v) is 3.57. The third-order valence-electron chi connectivity index (χ3n) is 3.57. The van der Waals surface area contributed by atoms with Crippen molar-refractivity contribution in [2.75, 3.05) is 39.7 Å². The van der Waals surface area contributed by atoms with E-state index in [0.29, 0.717) is 26.4 Å². The van der Waals surface area contributed by atoms with Gasteiger partial charge >= 0.3 is 0 Å². The number of nitrogens with one attached hydrogen (secondary N) is 1. The summed E-state index contributed by atoms with van der Waals surface area (Å²) >= 11 is 0. The molecule has 0 fully saturated rings. The van der Waals surface area contributed by atoms with E-state index in [1.54, 1.807) is 0 Å². The predicted octanol–water partition coefficient (Wildman–Crippen LogP) is 3.95. The molecule has 3 aromatic rings. The maximum Gasteiger partial charge on any atom is 0.121 e. The number of hydrogen-bond acceptors (Lipinski definition) is 3. The van der Waals surface area contributed by atoms with Gasteiger partial charge in [-0.2, -0.15) is 0 Å². The summed E-state index contributed by atoms with van der Waals surface area (Å²) in [4.78, 5) is 3.39. The van der Waals surface area contributed by atoms with Gasteiger partial charge < -0.3 is 19.2 Å². The first kappa shape index (κ1) is 15.8. The second kappa shape index (κ2) is 7.94. The van der Waals surface area contributed by atoms with Crippen LogP contribution in [0.4, 0.5) is 4.39 Å². The van der Waals surface area contributed by atoms with Crippen LogP contribution in [0.1, 0.15) is 1.43 Å². The number of ether oxygens (including phenoxy) is 3. The summed E-state index contributed by atoms with van der Waals surface area (Å²) in [7, 11) is 0. The van der Waals surface area contributed by atoms with Gasteiger partial charge in [0.15, 0.2) is 0 Å². The maximum atomic E-state index is 11.8. The van der Waals surface area contributed by atoms with E-state index in [4.69, 9.17) is 14.2 Å². The summed E-state index contributed by atoms with van der Waals surface area (Å²) < 4.78 is 27.8. The van der Waals surface area contributed by atoms with Crippen LogP contribution in [0.3, 0.4) is 0 Å². The van der Waals surface area contributed by atoms with Crippen LogP contribution in [0, 0.1) is 0 Å². The third kappa shape index (κ3) is 4.00. The number of rotatable bonds is 9. The molecule has 0 saturated carbocycles. The first-order chi connectivity index (χ1) is 11.4. The lowest BCUT2D eigenvalue weighted by Crippen LogP contribution is -2.11. The van der Waals surface area contributed by atoms with E-state index in [9.17, 15) is 4.39 Å². The van der Waals surface area contributed by atoms with Gasteiger partial charge in [0.2, 0.25) is 0 Å². The summed E-state index contributed by atoms with van der Waals surface area (Å²) in [6.45, 7) is 1.47. The van der Waals surface area contributed by atoms with Crippen LogP contribution in [0.5, 0.6) is 5.75 Å². The highest BCUT2D eigenvalue weighted by molar-refractivity contribution is 6.07. The predicted molar refractivity (Wildman–Crippen MR) is 91.0 cm³/mol. The first-order valence-electron chi connectivity index (χ1n) is 7.73. The molecule has 0 radical (unpaired) electrons.